The Bertz CT molecular complexity index is 289. The first-order valence-corrected chi connectivity index (χ1v) is 6.01. The zero-order chi connectivity index (χ0) is 10.1. The number of rotatable bonds is 6. The molecule has 1 N–H and O–H groups in total. The molecule has 0 spiro atoms. The van der Waals surface area contributed by atoms with Crippen molar-refractivity contribution in [1.29, 1.82) is 0 Å². The van der Waals surface area contributed by atoms with Crippen molar-refractivity contribution in [1.82, 2.24) is 10.3 Å². The standard InChI is InChI=1S/C12H18N2O/c1-2-9(1)12(10-3-4-10)7-13-5-11-6-14-8-15-11/h6,8-10,12-13H,1-5,7H2. The predicted octanol–water partition coefficient (Wildman–Crippen LogP) is 2.20. The molecule has 0 radical (unpaired) electrons. The second-order valence-electron chi connectivity index (χ2n) is 4.94. The Kier molecular flexibility index (Phi) is 2.49. The summed E-state index contributed by atoms with van der Waals surface area (Å²) in [5.74, 6) is 3.94. The van der Waals surface area contributed by atoms with Gasteiger partial charge in [-0.3, -0.25) is 0 Å². The largest absolute Gasteiger partial charge is 0.447 e. The predicted molar refractivity (Wildman–Crippen MR) is 57.1 cm³/mol. The average Bonchev–Trinajstić information content (AvgIpc) is 3.15. The maximum atomic E-state index is 5.19. The van der Waals surface area contributed by atoms with Crippen LogP contribution in [0.25, 0.3) is 0 Å². The fourth-order valence-corrected chi connectivity index (χ4v) is 2.46. The molecule has 0 unspecified atom stereocenters. The van der Waals surface area contributed by atoms with Gasteiger partial charge < -0.3 is 9.73 Å². The minimum Gasteiger partial charge on any atom is -0.447 e. The van der Waals surface area contributed by atoms with Crippen LogP contribution in [0.5, 0.6) is 0 Å². The van der Waals surface area contributed by atoms with Gasteiger partial charge in [0.1, 0.15) is 5.76 Å². The lowest BCUT2D eigenvalue weighted by molar-refractivity contribution is 0.368. The minimum atomic E-state index is 0.829. The van der Waals surface area contributed by atoms with Crippen molar-refractivity contribution >= 4 is 0 Å². The summed E-state index contributed by atoms with van der Waals surface area (Å²) in [6.45, 7) is 1.99. The van der Waals surface area contributed by atoms with Gasteiger partial charge in [0.15, 0.2) is 6.39 Å². The van der Waals surface area contributed by atoms with Crippen LogP contribution in [0.15, 0.2) is 17.0 Å². The molecule has 3 nitrogen and oxygen atoms in total. The van der Waals surface area contributed by atoms with Crippen LogP contribution in [-0.4, -0.2) is 11.5 Å². The molecule has 0 aliphatic heterocycles. The molecule has 82 valence electrons. The van der Waals surface area contributed by atoms with E-state index in [0.717, 1.165) is 36.6 Å². The van der Waals surface area contributed by atoms with Gasteiger partial charge in [-0.2, -0.15) is 0 Å². The third-order valence-electron chi connectivity index (χ3n) is 3.62. The Morgan fingerprint density at radius 1 is 1.33 bits per heavy atom. The molecule has 2 saturated carbocycles. The molecule has 15 heavy (non-hydrogen) atoms. The van der Waals surface area contributed by atoms with Crippen LogP contribution in [-0.2, 0) is 6.54 Å². The maximum Gasteiger partial charge on any atom is 0.180 e. The molecule has 3 heteroatoms. The molecule has 0 amide bonds. The van der Waals surface area contributed by atoms with Gasteiger partial charge in [-0.1, -0.05) is 0 Å². The van der Waals surface area contributed by atoms with Crippen LogP contribution >= 0.6 is 0 Å². The molecule has 1 aromatic rings. The summed E-state index contributed by atoms with van der Waals surface area (Å²) >= 11 is 0. The molecule has 0 aromatic carbocycles. The van der Waals surface area contributed by atoms with E-state index in [1.807, 2.05) is 0 Å². The van der Waals surface area contributed by atoms with Gasteiger partial charge in [0.05, 0.1) is 12.7 Å². The van der Waals surface area contributed by atoms with Crippen LogP contribution in [0.2, 0.25) is 0 Å². The molecule has 1 aromatic heterocycles. The van der Waals surface area contributed by atoms with Crippen molar-refractivity contribution in [2.75, 3.05) is 6.54 Å². The Hall–Kier alpha value is -0.830. The van der Waals surface area contributed by atoms with E-state index in [1.54, 1.807) is 6.20 Å². The number of hydrogen-bond donors (Lipinski definition) is 1. The van der Waals surface area contributed by atoms with Crippen LogP contribution < -0.4 is 5.32 Å². The molecule has 2 aliphatic carbocycles. The Morgan fingerprint density at radius 2 is 2.07 bits per heavy atom. The zero-order valence-electron chi connectivity index (χ0n) is 8.98. The lowest BCUT2D eigenvalue weighted by Gasteiger charge is -2.15. The monoisotopic (exact) mass is 206 g/mol. The highest BCUT2D eigenvalue weighted by molar-refractivity contribution is 4.93. The van der Waals surface area contributed by atoms with Gasteiger partial charge in [-0.15, -0.1) is 0 Å². The molecule has 2 aliphatic rings. The van der Waals surface area contributed by atoms with E-state index in [1.165, 1.54) is 32.1 Å². The first kappa shape index (κ1) is 9.40. The summed E-state index contributed by atoms with van der Waals surface area (Å²) in [5.41, 5.74) is 0. The maximum absolute atomic E-state index is 5.19. The van der Waals surface area contributed by atoms with Gasteiger partial charge in [-0.05, 0) is 50.0 Å². The third-order valence-corrected chi connectivity index (χ3v) is 3.62. The minimum absolute atomic E-state index is 0.829. The van der Waals surface area contributed by atoms with E-state index in [9.17, 15) is 0 Å². The van der Waals surface area contributed by atoms with Gasteiger partial charge in [0.25, 0.3) is 0 Å². The molecular weight excluding hydrogens is 188 g/mol. The number of nitrogens with one attached hydrogen (secondary N) is 1. The number of hydrogen-bond acceptors (Lipinski definition) is 3. The van der Waals surface area contributed by atoms with Crippen molar-refractivity contribution in [3.63, 3.8) is 0 Å². The van der Waals surface area contributed by atoms with Crippen LogP contribution in [0.4, 0.5) is 0 Å². The van der Waals surface area contributed by atoms with E-state index < -0.39 is 0 Å². The van der Waals surface area contributed by atoms with Crippen LogP contribution in [0, 0.1) is 17.8 Å². The first-order chi connectivity index (χ1) is 7.43. The van der Waals surface area contributed by atoms with E-state index in [0.29, 0.717) is 0 Å². The second-order valence-corrected chi connectivity index (χ2v) is 4.94. The Balaban J connectivity index is 1.44. The van der Waals surface area contributed by atoms with Crippen molar-refractivity contribution in [2.45, 2.75) is 32.2 Å². The quantitative estimate of drug-likeness (QED) is 0.775. The Labute approximate surface area is 90.3 Å². The lowest BCUT2D eigenvalue weighted by atomic mass is 9.98. The fraction of sp³-hybridized carbons (Fsp3) is 0.750. The van der Waals surface area contributed by atoms with Crippen molar-refractivity contribution < 1.29 is 4.42 Å². The van der Waals surface area contributed by atoms with E-state index in [-0.39, 0.29) is 0 Å². The lowest BCUT2D eigenvalue weighted by Crippen LogP contribution is -2.25. The average molecular weight is 206 g/mol. The SMILES string of the molecule is c1ncc(CNCC(C2CC2)C2CC2)o1. The molecule has 3 rings (SSSR count). The van der Waals surface area contributed by atoms with Crippen molar-refractivity contribution in [2.24, 2.45) is 17.8 Å². The summed E-state index contributed by atoms with van der Waals surface area (Å²) in [4.78, 5) is 3.91. The Morgan fingerprint density at radius 3 is 2.60 bits per heavy atom. The summed E-state index contributed by atoms with van der Waals surface area (Å²) in [6, 6.07) is 0. The second kappa shape index (κ2) is 3.97. The molecule has 1 heterocycles. The molecular formula is C12H18N2O. The van der Waals surface area contributed by atoms with E-state index >= 15 is 0 Å². The molecule has 0 atom stereocenters. The number of oxazole rings is 1. The van der Waals surface area contributed by atoms with Crippen molar-refractivity contribution in [3.8, 4) is 0 Å². The zero-order valence-corrected chi connectivity index (χ0v) is 8.98. The normalized spacial score (nSPS) is 21.1. The highest BCUT2D eigenvalue weighted by Crippen LogP contribution is 2.48. The van der Waals surface area contributed by atoms with Crippen molar-refractivity contribution in [3.05, 3.63) is 18.4 Å². The van der Waals surface area contributed by atoms with Crippen LogP contribution in [0.1, 0.15) is 31.4 Å². The summed E-state index contributed by atoms with van der Waals surface area (Å²) in [7, 11) is 0. The smallest absolute Gasteiger partial charge is 0.180 e. The van der Waals surface area contributed by atoms with Crippen LogP contribution in [0.3, 0.4) is 0 Å². The first-order valence-electron chi connectivity index (χ1n) is 6.01. The van der Waals surface area contributed by atoms with Gasteiger partial charge in [0.2, 0.25) is 0 Å². The fourth-order valence-electron chi connectivity index (χ4n) is 2.46. The molecule has 0 bridgehead atoms. The third kappa shape index (κ3) is 2.40. The highest BCUT2D eigenvalue weighted by Gasteiger charge is 2.40. The number of nitrogens with zero attached hydrogens (tertiary/aromatic N) is 1. The summed E-state index contributed by atoms with van der Waals surface area (Å²) in [6.07, 6.45) is 9.14. The van der Waals surface area contributed by atoms with E-state index in [2.05, 4.69) is 10.3 Å². The van der Waals surface area contributed by atoms with Gasteiger partial charge >= 0.3 is 0 Å². The number of aromatic nitrogens is 1. The summed E-state index contributed by atoms with van der Waals surface area (Å²) in [5, 5.41) is 3.50. The highest BCUT2D eigenvalue weighted by atomic mass is 16.3. The van der Waals surface area contributed by atoms with E-state index in [4.69, 9.17) is 4.42 Å². The van der Waals surface area contributed by atoms with Gasteiger partial charge in [-0.25, -0.2) is 4.98 Å². The molecule has 0 saturated heterocycles. The van der Waals surface area contributed by atoms with Gasteiger partial charge in [0, 0.05) is 0 Å². The summed E-state index contributed by atoms with van der Waals surface area (Å²) < 4.78 is 5.19. The topological polar surface area (TPSA) is 38.1 Å². The molecule has 2 fully saturated rings.